The maximum absolute atomic E-state index is 12.5. The molecule has 3 nitrogen and oxygen atoms in total. The minimum Gasteiger partial charge on any atom is -0.262 e. The molecule has 0 fully saturated rings. The average molecular weight is 219 g/mol. The first kappa shape index (κ1) is 12.2. The average Bonchev–Trinajstić information content (AvgIpc) is 2.71. The van der Waals surface area contributed by atoms with Crippen molar-refractivity contribution in [3.8, 4) is 12.3 Å². The van der Waals surface area contributed by atoms with E-state index in [4.69, 9.17) is 6.42 Å². The molecule has 0 saturated heterocycles. The van der Waals surface area contributed by atoms with Crippen LogP contribution in [0.25, 0.3) is 10.9 Å². The summed E-state index contributed by atoms with van der Waals surface area (Å²) in [6.45, 7) is 5.18. The third-order valence-electron chi connectivity index (χ3n) is 2.10. The van der Waals surface area contributed by atoms with Crippen LogP contribution in [0.1, 0.15) is 25.1 Å². The second kappa shape index (κ2) is 5.26. The highest BCUT2D eigenvalue weighted by Crippen LogP contribution is 2.20. The number of rotatable bonds is 1. The lowest BCUT2D eigenvalue weighted by Gasteiger charge is -1.96. The van der Waals surface area contributed by atoms with Crippen LogP contribution < -0.4 is 0 Å². The van der Waals surface area contributed by atoms with Crippen molar-refractivity contribution in [2.75, 3.05) is 0 Å². The van der Waals surface area contributed by atoms with Gasteiger partial charge in [-0.25, -0.2) is 9.07 Å². The van der Waals surface area contributed by atoms with Crippen LogP contribution in [0.2, 0.25) is 0 Å². The van der Waals surface area contributed by atoms with Crippen molar-refractivity contribution in [2.24, 2.45) is 0 Å². The number of pyridine rings is 1. The van der Waals surface area contributed by atoms with Crippen LogP contribution in [0.3, 0.4) is 0 Å². The van der Waals surface area contributed by atoms with Gasteiger partial charge in [-0.2, -0.15) is 5.10 Å². The first-order valence-corrected chi connectivity index (χ1v) is 5.11. The summed E-state index contributed by atoms with van der Waals surface area (Å²) in [6.07, 6.45) is 8.54. The summed E-state index contributed by atoms with van der Waals surface area (Å²) in [5, 5.41) is 4.76. The summed E-state index contributed by atoms with van der Waals surface area (Å²) in [6, 6.07) is 0. The molecule has 2 heterocycles. The van der Waals surface area contributed by atoms with Gasteiger partial charge in [-0.3, -0.25) is 4.98 Å². The van der Waals surface area contributed by atoms with Crippen LogP contribution in [0.15, 0.2) is 12.4 Å². The topological polar surface area (TPSA) is 30.7 Å². The number of terminal acetylenes is 1. The van der Waals surface area contributed by atoms with Gasteiger partial charge in [0.15, 0.2) is 6.80 Å². The monoisotopic (exact) mass is 219 g/mol. The Balaban J connectivity index is 0.000000606. The van der Waals surface area contributed by atoms with E-state index in [0.29, 0.717) is 11.2 Å². The zero-order chi connectivity index (χ0) is 12.1. The highest BCUT2D eigenvalue weighted by molar-refractivity contribution is 5.86. The fourth-order valence-corrected chi connectivity index (χ4v) is 1.47. The van der Waals surface area contributed by atoms with Crippen molar-refractivity contribution in [3.05, 3.63) is 23.7 Å². The zero-order valence-corrected chi connectivity index (χ0v) is 9.66. The molecule has 0 saturated carbocycles. The van der Waals surface area contributed by atoms with Crippen LogP contribution >= 0.6 is 0 Å². The third kappa shape index (κ3) is 1.89. The largest absolute Gasteiger partial charge is 0.262 e. The molecule has 2 aromatic rings. The molecule has 0 radical (unpaired) electrons. The predicted molar refractivity (Wildman–Crippen MR) is 62.7 cm³/mol. The quantitative estimate of drug-likeness (QED) is 0.690. The van der Waals surface area contributed by atoms with Crippen molar-refractivity contribution < 1.29 is 4.39 Å². The number of fused-ring (bicyclic) bond motifs is 1. The van der Waals surface area contributed by atoms with Crippen LogP contribution in [-0.4, -0.2) is 14.8 Å². The summed E-state index contributed by atoms with van der Waals surface area (Å²) in [7, 11) is 0. The fraction of sp³-hybridized carbons (Fsp3) is 0.333. The van der Waals surface area contributed by atoms with E-state index in [1.807, 2.05) is 20.8 Å². The summed E-state index contributed by atoms with van der Waals surface area (Å²) < 4.78 is 13.8. The Morgan fingerprint density at radius 1 is 1.44 bits per heavy atom. The molecule has 0 amide bonds. The molecule has 16 heavy (non-hydrogen) atoms. The van der Waals surface area contributed by atoms with E-state index in [1.54, 1.807) is 12.4 Å². The molecular weight excluding hydrogens is 205 g/mol. The highest BCUT2D eigenvalue weighted by Gasteiger charge is 2.10. The normalized spacial score (nSPS) is 9.44. The number of aromatic nitrogens is 3. The van der Waals surface area contributed by atoms with Gasteiger partial charge in [-0.05, 0) is 18.4 Å². The molecule has 0 unspecified atom stereocenters. The van der Waals surface area contributed by atoms with E-state index in [9.17, 15) is 4.39 Å². The third-order valence-corrected chi connectivity index (χ3v) is 2.10. The van der Waals surface area contributed by atoms with Gasteiger partial charge in [0, 0.05) is 11.6 Å². The molecule has 0 aromatic carbocycles. The lowest BCUT2D eigenvalue weighted by atomic mass is 10.1. The first-order valence-electron chi connectivity index (χ1n) is 5.11. The van der Waals surface area contributed by atoms with Gasteiger partial charge in [-0.1, -0.05) is 13.8 Å². The highest BCUT2D eigenvalue weighted by atomic mass is 19.1. The van der Waals surface area contributed by atoms with Crippen LogP contribution in [0, 0.1) is 19.3 Å². The van der Waals surface area contributed by atoms with E-state index in [-0.39, 0.29) is 0 Å². The van der Waals surface area contributed by atoms with Crippen LogP contribution in [0.4, 0.5) is 4.39 Å². The maximum Gasteiger partial charge on any atom is 0.182 e. The standard InChI is InChI=1S/C10H8FN3.C2H6/c1-3-8-10-7(2)4-12-5-9(10)14(6-11)13-8;1-2/h1,4-5H,6H2,2H3;1-2H3. The minimum absolute atomic E-state index is 0.470. The van der Waals surface area contributed by atoms with Gasteiger partial charge in [0.05, 0.1) is 11.7 Å². The van der Waals surface area contributed by atoms with Crippen LogP contribution in [-0.2, 0) is 6.80 Å². The van der Waals surface area contributed by atoms with E-state index in [1.165, 1.54) is 4.68 Å². The summed E-state index contributed by atoms with van der Waals surface area (Å²) in [5.74, 6) is 2.44. The number of hydrogen-bond acceptors (Lipinski definition) is 2. The Morgan fingerprint density at radius 3 is 2.69 bits per heavy atom. The molecule has 0 N–H and O–H groups in total. The lowest BCUT2D eigenvalue weighted by Crippen LogP contribution is -1.95. The molecule has 0 atom stereocenters. The van der Waals surface area contributed by atoms with E-state index in [0.717, 1.165) is 10.9 Å². The first-order chi connectivity index (χ1) is 7.77. The Bertz CT molecular complexity index is 523. The van der Waals surface area contributed by atoms with Crippen molar-refractivity contribution in [1.82, 2.24) is 14.8 Å². The molecule has 84 valence electrons. The molecule has 4 heteroatoms. The molecule has 0 aliphatic rings. The number of hydrogen-bond donors (Lipinski definition) is 0. The lowest BCUT2D eigenvalue weighted by molar-refractivity contribution is 0.358. The van der Waals surface area contributed by atoms with Crippen molar-refractivity contribution in [3.63, 3.8) is 0 Å². The van der Waals surface area contributed by atoms with Gasteiger partial charge >= 0.3 is 0 Å². The molecule has 0 aliphatic carbocycles. The Labute approximate surface area is 94.3 Å². The van der Waals surface area contributed by atoms with Gasteiger partial charge < -0.3 is 0 Å². The van der Waals surface area contributed by atoms with Gasteiger partial charge in [0.2, 0.25) is 0 Å². The van der Waals surface area contributed by atoms with Gasteiger partial charge in [0.1, 0.15) is 5.69 Å². The molecule has 2 aromatic heterocycles. The molecule has 0 spiro atoms. The van der Waals surface area contributed by atoms with Crippen LogP contribution in [0.5, 0.6) is 0 Å². The number of alkyl halides is 1. The second-order valence-electron chi connectivity index (χ2n) is 2.96. The SMILES string of the molecule is C#Cc1nn(CF)c2cncc(C)c12.CC. The Morgan fingerprint density at radius 2 is 2.12 bits per heavy atom. The van der Waals surface area contributed by atoms with Gasteiger partial charge in [0.25, 0.3) is 0 Å². The van der Waals surface area contributed by atoms with Crippen molar-refractivity contribution in [2.45, 2.75) is 27.6 Å². The molecular formula is C12H14FN3. The van der Waals surface area contributed by atoms with E-state index < -0.39 is 6.80 Å². The minimum atomic E-state index is -0.691. The second-order valence-corrected chi connectivity index (χ2v) is 2.96. The molecule has 2 rings (SSSR count). The zero-order valence-electron chi connectivity index (χ0n) is 9.66. The predicted octanol–water partition coefficient (Wildman–Crippen LogP) is 2.67. The number of nitrogens with zero attached hydrogens (tertiary/aromatic N) is 3. The van der Waals surface area contributed by atoms with Crippen molar-refractivity contribution >= 4 is 10.9 Å². The van der Waals surface area contributed by atoms with Gasteiger partial charge in [-0.15, -0.1) is 6.42 Å². The molecule has 0 bridgehead atoms. The Hall–Kier alpha value is -1.89. The van der Waals surface area contributed by atoms with E-state index in [2.05, 4.69) is 16.0 Å². The summed E-state index contributed by atoms with van der Waals surface area (Å²) in [5.41, 5.74) is 2.02. The number of aryl methyl sites for hydroxylation is 1. The Kier molecular flexibility index (Phi) is 4.01. The fourth-order valence-electron chi connectivity index (χ4n) is 1.47. The van der Waals surface area contributed by atoms with E-state index >= 15 is 0 Å². The molecule has 0 aliphatic heterocycles. The maximum atomic E-state index is 12.5. The summed E-state index contributed by atoms with van der Waals surface area (Å²) in [4.78, 5) is 3.97. The number of halogens is 1. The summed E-state index contributed by atoms with van der Waals surface area (Å²) >= 11 is 0. The smallest absolute Gasteiger partial charge is 0.182 e. The van der Waals surface area contributed by atoms with Crippen molar-refractivity contribution in [1.29, 1.82) is 0 Å².